The summed E-state index contributed by atoms with van der Waals surface area (Å²) in [5.41, 5.74) is 22.0. The highest BCUT2D eigenvalue weighted by atomic mass is 32.1. The second-order valence-corrected chi connectivity index (χ2v) is 24.7. The van der Waals surface area contributed by atoms with E-state index in [1.807, 2.05) is 0 Å². The zero-order valence-electron chi connectivity index (χ0n) is 46.7. The van der Waals surface area contributed by atoms with Crippen molar-refractivity contribution in [1.82, 2.24) is 0 Å². The molecule has 5 aromatic rings. The number of benzene rings is 4. The van der Waals surface area contributed by atoms with Crippen molar-refractivity contribution in [2.75, 3.05) is 14.7 Å². The van der Waals surface area contributed by atoms with Gasteiger partial charge in [0.05, 0.1) is 5.69 Å². The van der Waals surface area contributed by atoms with Gasteiger partial charge in [-0.3, -0.25) is 0 Å². The molecule has 0 bridgehead atoms. The number of nitrogens with zero attached hydrogens (tertiary/aromatic N) is 3. The zero-order valence-corrected chi connectivity index (χ0v) is 47.5. The van der Waals surface area contributed by atoms with Gasteiger partial charge in [0, 0.05) is 66.7 Å². The van der Waals surface area contributed by atoms with E-state index in [2.05, 4.69) is 231 Å². The Hall–Kier alpha value is -5.26. The average molecular weight is 986 g/mol. The molecule has 0 amide bonds. The summed E-state index contributed by atoms with van der Waals surface area (Å²) in [7, 11) is 0. The van der Waals surface area contributed by atoms with Crippen molar-refractivity contribution < 1.29 is 0 Å². The Kier molecular flexibility index (Phi) is 14.6. The fourth-order valence-corrected chi connectivity index (χ4v) is 15.3. The van der Waals surface area contributed by atoms with Gasteiger partial charge in [-0.1, -0.05) is 168 Å². The summed E-state index contributed by atoms with van der Waals surface area (Å²) in [6, 6.07) is 31.2. The van der Waals surface area contributed by atoms with Crippen LogP contribution in [0.1, 0.15) is 185 Å². The van der Waals surface area contributed by atoms with Crippen LogP contribution in [0.25, 0.3) is 6.08 Å². The molecular weight excluding hydrogens is 902 g/mol. The number of allylic oxidation sites excluding steroid dienone is 8. The lowest BCUT2D eigenvalue weighted by molar-refractivity contribution is 0.112. The van der Waals surface area contributed by atoms with Crippen molar-refractivity contribution >= 4 is 79.6 Å². The first kappa shape index (κ1) is 51.2. The molecule has 0 saturated carbocycles. The number of hydrogen-bond acceptors (Lipinski definition) is 4. The van der Waals surface area contributed by atoms with E-state index in [-0.39, 0.29) is 17.5 Å². The molecule has 4 aromatic carbocycles. The zero-order chi connectivity index (χ0) is 51.3. The number of para-hydroxylation sites is 1. The van der Waals surface area contributed by atoms with Gasteiger partial charge in [-0.25, -0.2) is 0 Å². The van der Waals surface area contributed by atoms with Gasteiger partial charge in [0.2, 0.25) is 0 Å². The molecule has 380 valence electrons. The van der Waals surface area contributed by atoms with Gasteiger partial charge in [0.15, 0.2) is 0 Å². The smallest absolute Gasteiger partial charge is 0.264 e. The van der Waals surface area contributed by atoms with Gasteiger partial charge in [-0.2, -0.15) is 11.3 Å². The fraction of sp³-hybridized carbons (Fsp3) is 0.441. The van der Waals surface area contributed by atoms with Crippen molar-refractivity contribution in [2.45, 2.75) is 172 Å². The molecule has 2 aliphatic heterocycles. The van der Waals surface area contributed by atoms with Gasteiger partial charge in [0.1, 0.15) is 0 Å². The van der Waals surface area contributed by atoms with E-state index in [1.54, 1.807) is 10.5 Å². The van der Waals surface area contributed by atoms with Crippen LogP contribution in [0, 0.1) is 36.5 Å². The molecule has 3 aliphatic carbocycles. The summed E-state index contributed by atoms with van der Waals surface area (Å²) >= 11 is 2.14. The molecule has 3 heterocycles. The van der Waals surface area contributed by atoms with Crippen LogP contribution in [-0.4, -0.2) is 6.71 Å². The summed E-state index contributed by atoms with van der Waals surface area (Å²) in [6.07, 6.45) is 31.5. The van der Waals surface area contributed by atoms with Gasteiger partial charge in [-0.05, 0) is 176 Å². The quantitative estimate of drug-likeness (QED) is 0.0843. The lowest BCUT2D eigenvalue weighted by Crippen LogP contribution is -2.61. The number of hydrogen-bond donors (Lipinski definition) is 0. The Labute approximate surface area is 446 Å². The van der Waals surface area contributed by atoms with E-state index in [9.17, 15) is 0 Å². The van der Waals surface area contributed by atoms with Crippen LogP contribution >= 0.6 is 11.3 Å². The fourth-order valence-electron chi connectivity index (χ4n) is 13.8. The normalized spacial score (nSPS) is 21.2. The molecule has 1 aromatic heterocycles. The van der Waals surface area contributed by atoms with Gasteiger partial charge in [0.25, 0.3) is 6.71 Å². The predicted molar refractivity (Wildman–Crippen MR) is 322 cm³/mol. The van der Waals surface area contributed by atoms with Crippen molar-refractivity contribution in [2.24, 2.45) is 22.7 Å². The van der Waals surface area contributed by atoms with E-state index in [4.69, 9.17) is 0 Å². The molecule has 5 aliphatic rings. The van der Waals surface area contributed by atoms with E-state index in [1.165, 1.54) is 141 Å². The Morgan fingerprint density at radius 3 is 2.30 bits per heavy atom. The van der Waals surface area contributed by atoms with E-state index < -0.39 is 0 Å². The summed E-state index contributed by atoms with van der Waals surface area (Å²) in [4.78, 5) is 9.59. The van der Waals surface area contributed by atoms with Crippen LogP contribution in [0.5, 0.6) is 0 Å². The topological polar surface area (TPSA) is 9.72 Å². The van der Waals surface area contributed by atoms with Crippen LogP contribution in [-0.2, 0) is 0 Å². The Bertz CT molecular complexity index is 3020. The number of fused-ring (bicyclic) bond motifs is 6. The number of unbranched alkanes of at least 4 members (excludes halogenated alkanes) is 2. The summed E-state index contributed by atoms with van der Waals surface area (Å²) in [6.45, 7) is 29.1. The molecule has 10 rings (SSSR count). The van der Waals surface area contributed by atoms with E-state index >= 15 is 0 Å². The molecule has 3 nitrogen and oxygen atoms in total. The molecule has 0 radical (unpaired) electrons. The summed E-state index contributed by atoms with van der Waals surface area (Å²) in [5, 5.41) is 0. The third-order valence-electron chi connectivity index (χ3n) is 18.4. The molecule has 73 heavy (non-hydrogen) atoms. The van der Waals surface area contributed by atoms with Crippen molar-refractivity contribution in [3.63, 3.8) is 0 Å². The maximum absolute atomic E-state index is 2.78. The van der Waals surface area contributed by atoms with Crippen LogP contribution in [0.2, 0.25) is 0 Å². The van der Waals surface area contributed by atoms with Crippen molar-refractivity contribution in [1.29, 1.82) is 0 Å². The minimum atomic E-state index is 0.0770. The standard InChI is InChI=1S/C68H84BN3S/c1-13-18-27-50-31-33-57-64-66(73-65(57)48(50)9)69-58-34-32-54(70(53-28-21-20-22-29-53)59-30-24-23-26-47(59)8)44-60(58)71(56-39-45(6)38-51(42-56)49(16-4)25-15-3)61-40-46(7)41-62(63(61)69)72(64)55-35-37-68(12,52(17-5)43-55)67(10,11)36-19-14-2/h20-24,28-35,38-44,47-50H,13-19,25-27,36-37H2,1-12H3. The molecular formula is C68H84BN3S. The van der Waals surface area contributed by atoms with Crippen LogP contribution in [0.15, 0.2) is 132 Å². The second-order valence-electron chi connectivity index (χ2n) is 23.6. The van der Waals surface area contributed by atoms with Crippen LogP contribution in [0.3, 0.4) is 0 Å². The SMILES string of the molecule is CCCCC1C=Cc2c(sc3c2N(C2=CCC(C)(C(C)(C)CCCC)C(CC)=C2)c2cc(C)cc4c2B3c2ccc(N(C3=CC=CCC3C)c3ccccc3)cc2N4c2cc(C)cc(C(CC)CCC)c2)C1C. The number of aryl methyl sites for hydroxylation is 2. The third kappa shape index (κ3) is 8.96. The highest BCUT2D eigenvalue weighted by Crippen LogP contribution is 2.56. The second kappa shape index (κ2) is 20.8. The largest absolute Gasteiger partial charge is 0.314 e. The average Bonchev–Trinajstić information content (AvgIpc) is 3.78. The third-order valence-corrected chi connectivity index (χ3v) is 19.9. The monoisotopic (exact) mass is 986 g/mol. The van der Waals surface area contributed by atoms with E-state index in [0.29, 0.717) is 23.7 Å². The molecule has 0 fully saturated rings. The van der Waals surface area contributed by atoms with Gasteiger partial charge >= 0.3 is 0 Å². The maximum Gasteiger partial charge on any atom is 0.264 e. The van der Waals surface area contributed by atoms with Gasteiger partial charge in [-0.15, -0.1) is 0 Å². The minimum Gasteiger partial charge on any atom is -0.314 e. The molecule has 5 heteroatoms. The molecule has 0 N–H and O–H groups in total. The van der Waals surface area contributed by atoms with Crippen molar-refractivity contribution in [3.05, 3.63) is 159 Å². The first-order valence-electron chi connectivity index (χ1n) is 28.7. The molecule has 5 unspecified atom stereocenters. The lowest BCUT2D eigenvalue weighted by Gasteiger charge is -2.49. The van der Waals surface area contributed by atoms with Gasteiger partial charge < -0.3 is 14.7 Å². The Balaban J connectivity index is 1.26. The Morgan fingerprint density at radius 2 is 1.59 bits per heavy atom. The predicted octanol–water partition coefficient (Wildman–Crippen LogP) is 18.8. The first-order chi connectivity index (χ1) is 35.3. The van der Waals surface area contributed by atoms with E-state index in [0.717, 1.165) is 25.7 Å². The lowest BCUT2D eigenvalue weighted by atomic mass is 9.36. The number of rotatable bonds is 17. The first-order valence-corrected chi connectivity index (χ1v) is 29.6. The van der Waals surface area contributed by atoms with Crippen molar-refractivity contribution in [3.8, 4) is 0 Å². The van der Waals surface area contributed by atoms with Crippen LogP contribution in [0.4, 0.5) is 39.8 Å². The highest BCUT2D eigenvalue weighted by molar-refractivity contribution is 7.29. The summed E-state index contributed by atoms with van der Waals surface area (Å²) < 4.78 is 1.50. The molecule has 0 spiro atoms. The Morgan fingerprint density at radius 1 is 0.836 bits per heavy atom. The molecule has 0 saturated heterocycles. The highest BCUT2D eigenvalue weighted by Gasteiger charge is 2.49. The minimum absolute atomic E-state index is 0.0770. The van der Waals surface area contributed by atoms with Crippen LogP contribution < -0.4 is 30.4 Å². The number of thiophene rings is 1. The number of anilines is 7. The maximum atomic E-state index is 2.78. The summed E-state index contributed by atoms with van der Waals surface area (Å²) in [5.74, 6) is 1.90. The molecule has 5 atom stereocenters.